The molecule has 0 saturated carbocycles. The normalized spacial score (nSPS) is 17.2. The summed E-state index contributed by atoms with van der Waals surface area (Å²) < 4.78 is 31.4. The lowest BCUT2D eigenvalue weighted by Crippen LogP contribution is -2.26. The summed E-state index contributed by atoms with van der Waals surface area (Å²) in [4.78, 5) is 8.72. The Morgan fingerprint density at radius 2 is 1.85 bits per heavy atom. The van der Waals surface area contributed by atoms with E-state index in [4.69, 9.17) is 4.74 Å². The highest BCUT2D eigenvalue weighted by molar-refractivity contribution is 7.88. The van der Waals surface area contributed by atoms with Crippen molar-refractivity contribution in [1.29, 1.82) is 0 Å². The summed E-state index contributed by atoms with van der Waals surface area (Å²) in [6.07, 6.45) is 4.82. The molecule has 27 heavy (non-hydrogen) atoms. The molecule has 1 aliphatic heterocycles. The lowest BCUT2D eigenvalue weighted by Gasteiger charge is -2.23. The van der Waals surface area contributed by atoms with Crippen molar-refractivity contribution in [2.75, 3.05) is 13.4 Å². The predicted molar refractivity (Wildman–Crippen MR) is 103 cm³/mol. The molecule has 1 atom stereocenters. The number of hydrogen-bond donors (Lipinski definition) is 0. The fraction of sp³-hybridized carbons (Fsp3) is 0.211. The molecule has 1 aliphatic rings. The van der Waals surface area contributed by atoms with Gasteiger partial charge < -0.3 is 4.74 Å². The third-order valence-corrected chi connectivity index (χ3v) is 5.54. The Hall–Kier alpha value is -3.00. The number of hydrogen-bond acceptors (Lipinski definition) is 6. The number of rotatable bonds is 4. The van der Waals surface area contributed by atoms with Crippen LogP contribution >= 0.6 is 0 Å². The van der Waals surface area contributed by atoms with Gasteiger partial charge in [0.1, 0.15) is 5.75 Å². The van der Waals surface area contributed by atoms with E-state index in [-0.39, 0.29) is 0 Å². The molecule has 0 saturated heterocycles. The summed E-state index contributed by atoms with van der Waals surface area (Å²) in [6.45, 7) is 0. The predicted octanol–water partition coefficient (Wildman–Crippen LogP) is 2.75. The summed E-state index contributed by atoms with van der Waals surface area (Å²) in [5, 5.41) is 4.45. The van der Waals surface area contributed by atoms with E-state index in [9.17, 15) is 8.42 Å². The average Bonchev–Trinajstić information content (AvgIpc) is 3.13. The Kier molecular flexibility index (Phi) is 4.27. The second kappa shape index (κ2) is 6.62. The van der Waals surface area contributed by atoms with Crippen LogP contribution in [0.4, 0.5) is 0 Å². The number of para-hydroxylation sites is 2. The van der Waals surface area contributed by atoms with Crippen molar-refractivity contribution in [3.63, 3.8) is 0 Å². The van der Waals surface area contributed by atoms with Gasteiger partial charge in [-0.15, -0.1) is 0 Å². The number of aromatic nitrogens is 2. The second-order valence-electron chi connectivity index (χ2n) is 6.27. The van der Waals surface area contributed by atoms with Gasteiger partial charge in [-0.2, -0.15) is 9.52 Å². The van der Waals surface area contributed by atoms with Crippen molar-refractivity contribution >= 4 is 26.8 Å². The van der Waals surface area contributed by atoms with Gasteiger partial charge in [-0.05, 0) is 12.1 Å². The maximum Gasteiger partial charge on any atom is 0.247 e. The molecule has 0 amide bonds. The van der Waals surface area contributed by atoms with Crippen LogP contribution in [0.15, 0.2) is 60.0 Å². The Morgan fingerprint density at radius 1 is 1.07 bits per heavy atom. The number of fused-ring (bicyclic) bond motifs is 1. The Labute approximate surface area is 157 Å². The van der Waals surface area contributed by atoms with E-state index in [1.54, 1.807) is 19.5 Å². The molecule has 2 heterocycles. The van der Waals surface area contributed by atoms with Gasteiger partial charge in [0.05, 0.1) is 36.2 Å². The molecule has 0 radical (unpaired) electrons. The lowest BCUT2D eigenvalue weighted by atomic mass is 9.97. The van der Waals surface area contributed by atoms with Crippen molar-refractivity contribution in [3.8, 4) is 5.75 Å². The number of benzene rings is 2. The molecule has 0 N–H and O–H groups in total. The molecular formula is C19H18N4O3S. The fourth-order valence-electron chi connectivity index (χ4n) is 3.36. The Bertz CT molecular complexity index is 1140. The van der Waals surface area contributed by atoms with Crippen molar-refractivity contribution in [2.45, 2.75) is 12.5 Å². The van der Waals surface area contributed by atoms with Crippen LogP contribution in [0, 0.1) is 0 Å². The first kappa shape index (κ1) is 17.4. The zero-order valence-electron chi connectivity index (χ0n) is 14.9. The maximum absolute atomic E-state index is 12.4. The minimum Gasteiger partial charge on any atom is -0.496 e. The van der Waals surface area contributed by atoms with Crippen molar-refractivity contribution in [1.82, 2.24) is 14.4 Å². The van der Waals surface area contributed by atoms with Crippen molar-refractivity contribution in [2.24, 2.45) is 5.10 Å². The first-order chi connectivity index (χ1) is 13.0. The minimum absolute atomic E-state index is 0.420. The molecule has 1 aromatic heterocycles. The van der Waals surface area contributed by atoms with E-state index >= 15 is 0 Å². The van der Waals surface area contributed by atoms with Crippen molar-refractivity contribution in [3.05, 3.63) is 66.0 Å². The summed E-state index contributed by atoms with van der Waals surface area (Å²) in [5.41, 5.74) is 3.65. The largest absolute Gasteiger partial charge is 0.496 e. The van der Waals surface area contributed by atoms with Crippen LogP contribution in [-0.4, -0.2) is 41.9 Å². The van der Waals surface area contributed by atoms with Gasteiger partial charge in [0.15, 0.2) is 0 Å². The molecule has 7 nitrogen and oxygen atoms in total. The highest BCUT2D eigenvalue weighted by Gasteiger charge is 2.36. The topological polar surface area (TPSA) is 84.8 Å². The van der Waals surface area contributed by atoms with Crippen LogP contribution in [0.5, 0.6) is 5.75 Å². The smallest absolute Gasteiger partial charge is 0.247 e. The first-order valence-corrected chi connectivity index (χ1v) is 10.2. The van der Waals surface area contributed by atoms with Gasteiger partial charge in [0, 0.05) is 29.9 Å². The van der Waals surface area contributed by atoms with Crippen LogP contribution < -0.4 is 4.74 Å². The van der Waals surface area contributed by atoms with Crippen LogP contribution in [0.25, 0.3) is 11.0 Å². The molecule has 8 heteroatoms. The number of ether oxygens (including phenoxy) is 1. The van der Waals surface area contributed by atoms with Crippen LogP contribution in [-0.2, 0) is 10.0 Å². The third-order valence-electron chi connectivity index (χ3n) is 4.52. The van der Waals surface area contributed by atoms with E-state index < -0.39 is 16.1 Å². The second-order valence-corrected chi connectivity index (χ2v) is 8.11. The monoisotopic (exact) mass is 382 g/mol. The summed E-state index contributed by atoms with van der Waals surface area (Å²) in [6, 6.07) is 12.5. The van der Waals surface area contributed by atoms with Gasteiger partial charge in [0.25, 0.3) is 0 Å². The van der Waals surface area contributed by atoms with Crippen LogP contribution in [0.2, 0.25) is 0 Å². The Morgan fingerprint density at radius 3 is 2.63 bits per heavy atom. The number of nitrogens with zero attached hydrogens (tertiary/aromatic N) is 4. The fourth-order valence-corrected chi connectivity index (χ4v) is 4.25. The average molecular weight is 382 g/mol. The molecule has 0 unspecified atom stereocenters. The molecule has 2 aromatic carbocycles. The zero-order chi connectivity index (χ0) is 19.0. The minimum atomic E-state index is -3.56. The van der Waals surface area contributed by atoms with Crippen LogP contribution in [0.1, 0.15) is 23.6 Å². The first-order valence-electron chi connectivity index (χ1n) is 8.39. The Balaban J connectivity index is 1.84. The summed E-state index contributed by atoms with van der Waals surface area (Å²) in [5.74, 6) is 0.630. The molecule has 138 valence electrons. The van der Waals surface area contributed by atoms with E-state index in [1.165, 1.54) is 0 Å². The number of methoxy groups -OCH3 is 1. The summed E-state index contributed by atoms with van der Waals surface area (Å²) >= 11 is 0. The molecule has 3 aromatic rings. The highest BCUT2D eigenvalue weighted by Crippen LogP contribution is 2.39. The number of sulfonamides is 1. The SMILES string of the molecule is COc1ccccc1[C@H]1CC(c2cccc3nccnc23)=NN1S(C)(=O)=O. The number of hydrazone groups is 1. The van der Waals surface area contributed by atoms with Crippen molar-refractivity contribution < 1.29 is 13.2 Å². The van der Waals surface area contributed by atoms with Gasteiger partial charge in [-0.1, -0.05) is 30.3 Å². The quantitative estimate of drug-likeness (QED) is 0.693. The van der Waals surface area contributed by atoms with E-state index in [0.717, 1.165) is 27.3 Å². The standard InChI is InChI=1S/C19H18N4O3S/c1-26-18-9-4-3-6-14(18)17-12-16(22-23(17)27(2,24)25)13-7-5-8-15-19(13)21-11-10-20-15/h3-11,17H,12H2,1-2H3/t17-/m1/s1. The third kappa shape index (κ3) is 3.12. The van der Waals surface area contributed by atoms with Gasteiger partial charge in [-0.25, -0.2) is 8.42 Å². The lowest BCUT2D eigenvalue weighted by molar-refractivity contribution is 0.352. The van der Waals surface area contributed by atoms with Gasteiger partial charge >= 0.3 is 0 Å². The molecule has 0 spiro atoms. The molecular weight excluding hydrogens is 364 g/mol. The molecule has 0 aliphatic carbocycles. The van der Waals surface area contributed by atoms with Crippen LogP contribution in [0.3, 0.4) is 0 Å². The molecule has 4 rings (SSSR count). The highest BCUT2D eigenvalue weighted by atomic mass is 32.2. The zero-order valence-corrected chi connectivity index (χ0v) is 15.7. The van der Waals surface area contributed by atoms with E-state index in [1.807, 2.05) is 42.5 Å². The van der Waals surface area contributed by atoms with Gasteiger partial charge in [-0.3, -0.25) is 9.97 Å². The van der Waals surface area contributed by atoms with E-state index in [2.05, 4.69) is 15.1 Å². The van der Waals surface area contributed by atoms with Gasteiger partial charge in [0.2, 0.25) is 10.0 Å². The van der Waals surface area contributed by atoms with E-state index in [0.29, 0.717) is 23.4 Å². The molecule has 0 bridgehead atoms. The molecule has 0 fully saturated rings. The maximum atomic E-state index is 12.4. The summed E-state index contributed by atoms with van der Waals surface area (Å²) in [7, 11) is -1.99.